The third-order valence-electron chi connectivity index (χ3n) is 4.44. The van der Waals surface area contributed by atoms with Gasteiger partial charge in [-0.1, -0.05) is 11.2 Å². The quantitative estimate of drug-likeness (QED) is 0.663. The number of anilines is 1. The predicted molar refractivity (Wildman–Crippen MR) is 90.1 cm³/mol. The Morgan fingerprint density at radius 3 is 2.71 bits per heavy atom. The fourth-order valence-electron chi connectivity index (χ4n) is 3.09. The minimum absolute atomic E-state index is 0.0690. The number of aromatic nitrogens is 1. The van der Waals surface area contributed by atoms with Crippen LogP contribution in [0.4, 0.5) is 11.4 Å². The smallest absolute Gasteiger partial charge is 0.292 e. The van der Waals surface area contributed by atoms with Gasteiger partial charge in [0.15, 0.2) is 0 Å². The lowest BCUT2D eigenvalue weighted by Crippen LogP contribution is -2.22. The summed E-state index contributed by atoms with van der Waals surface area (Å²) in [5.74, 6) is 1.14. The Morgan fingerprint density at radius 1 is 1.33 bits per heavy atom. The highest BCUT2D eigenvalue weighted by atomic mass is 16.6. The number of benzene rings is 1. The molecule has 128 valence electrons. The van der Waals surface area contributed by atoms with Crippen LogP contribution in [0, 0.1) is 29.9 Å². The van der Waals surface area contributed by atoms with Gasteiger partial charge in [0, 0.05) is 31.4 Å². The van der Waals surface area contributed by atoms with Gasteiger partial charge in [-0.3, -0.25) is 10.1 Å². The van der Waals surface area contributed by atoms with Crippen LogP contribution in [0.1, 0.15) is 24.3 Å². The van der Waals surface area contributed by atoms with Crippen molar-refractivity contribution in [3.63, 3.8) is 0 Å². The van der Waals surface area contributed by atoms with Crippen molar-refractivity contribution in [3.05, 3.63) is 39.8 Å². The van der Waals surface area contributed by atoms with Gasteiger partial charge in [0.25, 0.3) is 5.69 Å². The summed E-state index contributed by atoms with van der Waals surface area (Å²) < 4.78 is 10.5. The van der Waals surface area contributed by atoms with Crippen LogP contribution >= 0.6 is 0 Å². The molecule has 1 aliphatic heterocycles. The Morgan fingerprint density at radius 2 is 2.08 bits per heavy atom. The Hall–Kier alpha value is -2.41. The van der Waals surface area contributed by atoms with Crippen LogP contribution in [-0.4, -0.2) is 29.8 Å². The van der Waals surface area contributed by atoms with E-state index in [2.05, 4.69) is 10.5 Å². The lowest BCUT2D eigenvalue weighted by atomic mass is 9.99. The van der Waals surface area contributed by atoms with Crippen LogP contribution in [0.15, 0.2) is 22.7 Å². The normalized spacial score (nSPS) is 15.4. The van der Waals surface area contributed by atoms with E-state index in [-0.39, 0.29) is 10.6 Å². The van der Waals surface area contributed by atoms with E-state index in [0.717, 1.165) is 49.4 Å². The number of ether oxygens (including phenoxy) is 1. The summed E-state index contributed by atoms with van der Waals surface area (Å²) in [5, 5.41) is 18.6. The average Bonchev–Trinajstić information content (AvgIpc) is 2.92. The van der Waals surface area contributed by atoms with Crippen LogP contribution in [0.2, 0.25) is 0 Å². The van der Waals surface area contributed by atoms with E-state index in [1.807, 2.05) is 13.0 Å². The van der Waals surface area contributed by atoms with E-state index in [0.29, 0.717) is 17.4 Å². The largest absolute Gasteiger partial charge is 0.381 e. The van der Waals surface area contributed by atoms with Gasteiger partial charge in [-0.05, 0) is 44.2 Å². The second-order valence-electron chi connectivity index (χ2n) is 6.12. The lowest BCUT2D eigenvalue weighted by Gasteiger charge is -2.22. The molecule has 0 radical (unpaired) electrons. The van der Waals surface area contributed by atoms with Gasteiger partial charge in [-0.2, -0.15) is 0 Å². The van der Waals surface area contributed by atoms with E-state index in [9.17, 15) is 10.1 Å². The second-order valence-corrected chi connectivity index (χ2v) is 6.12. The van der Waals surface area contributed by atoms with Crippen molar-refractivity contribution in [3.8, 4) is 11.1 Å². The van der Waals surface area contributed by atoms with Crippen LogP contribution < -0.4 is 5.32 Å². The molecule has 0 bridgehead atoms. The first-order valence-electron chi connectivity index (χ1n) is 8.09. The second kappa shape index (κ2) is 7.00. The van der Waals surface area contributed by atoms with E-state index < -0.39 is 0 Å². The number of nitrogens with zero attached hydrogens (tertiary/aromatic N) is 2. The molecule has 3 rings (SSSR count). The fourth-order valence-corrected chi connectivity index (χ4v) is 3.09. The van der Waals surface area contributed by atoms with E-state index >= 15 is 0 Å². The molecule has 1 fully saturated rings. The lowest BCUT2D eigenvalue weighted by molar-refractivity contribution is -0.383. The van der Waals surface area contributed by atoms with Crippen molar-refractivity contribution >= 4 is 11.4 Å². The number of nitrogens with one attached hydrogen (secondary N) is 1. The summed E-state index contributed by atoms with van der Waals surface area (Å²) in [6.45, 7) is 5.88. The Labute approximate surface area is 140 Å². The molecule has 2 aromatic rings. The maximum Gasteiger partial charge on any atom is 0.292 e. The first-order valence-corrected chi connectivity index (χ1v) is 8.09. The molecule has 0 amide bonds. The molecule has 0 spiro atoms. The van der Waals surface area contributed by atoms with Crippen LogP contribution in [-0.2, 0) is 4.74 Å². The Balaban J connectivity index is 1.83. The van der Waals surface area contributed by atoms with Crippen molar-refractivity contribution in [1.29, 1.82) is 0 Å². The highest BCUT2D eigenvalue weighted by molar-refractivity contribution is 5.75. The molecule has 1 aromatic heterocycles. The zero-order chi connectivity index (χ0) is 17.1. The van der Waals surface area contributed by atoms with Gasteiger partial charge in [0.2, 0.25) is 0 Å². The highest BCUT2D eigenvalue weighted by Crippen LogP contribution is 2.34. The molecule has 7 heteroatoms. The zero-order valence-electron chi connectivity index (χ0n) is 13.9. The number of hydrogen-bond acceptors (Lipinski definition) is 6. The molecular weight excluding hydrogens is 310 g/mol. The van der Waals surface area contributed by atoms with E-state index in [1.165, 1.54) is 0 Å². The topological polar surface area (TPSA) is 90.4 Å². The Kier molecular flexibility index (Phi) is 4.80. The third-order valence-corrected chi connectivity index (χ3v) is 4.44. The molecule has 0 atom stereocenters. The minimum atomic E-state index is -0.353. The SMILES string of the molecule is Cc1noc(C)c1-c1ccc(NCC2CCOCC2)c([N+](=O)[O-])c1. The molecule has 0 aliphatic carbocycles. The molecule has 0 saturated carbocycles. The summed E-state index contributed by atoms with van der Waals surface area (Å²) in [4.78, 5) is 11.1. The van der Waals surface area contributed by atoms with Crippen LogP contribution in [0.3, 0.4) is 0 Å². The van der Waals surface area contributed by atoms with Gasteiger partial charge in [0.1, 0.15) is 11.4 Å². The predicted octanol–water partition coefficient (Wildman–Crippen LogP) is 3.71. The molecule has 1 aromatic carbocycles. The Bertz CT molecular complexity index is 716. The van der Waals surface area contributed by atoms with E-state index in [4.69, 9.17) is 9.26 Å². The number of nitro groups is 1. The van der Waals surface area contributed by atoms with Crippen molar-refractivity contribution in [2.75, 3.05) is 25.1 Å². The van der Waals surface area contributed by atoms with Crippen molar-refractivity contribution < 1.29 is 14.2 Å². The summed E-state index contributed by atoms with van der Waals surface area (Å²) in [6.07, 6.45) is 1.97. The minimum Gasteiger partial charge on any atom is -0.381 e. The molecular formula is C17H21N3O4. The van der Waals surface area contributed by atoms with E-state index in [1.54, 1.807) is 19.1 Å². The summed E-state index contributed by atoms with van der Waals surface area (Å²) in [6, 6.07) is 5.21. The maximum atomic E-state index is 11.5. The van der Waals surface area contributed by atoms with Gasteiger partial charge >= 0.3 is 0 Å². The van der Waals surface area contributed by atoms with Crippen molar-refractivity contribution in [1.82, 2.24) is 5.16 Å². The molecule has 0 unspecified atom stereocenters. The van der Waals surface area contributed by atoms with Gasteiger partial charge < -0.3 is 14.6 Å². The zero-order valence-corrected chi connectivity index (χ0v) is 13.9. The standard InChI is InChI=1S/C17H21N3O4/c1-11-17(12(2)24-19-11)14-3-4-15(16(9-14)20(21)22)18-10-13-5-7-23-8-6-13/h3-4,9,13,18H,5-8,10H2,1-2H3. The monoisotopic (exact) mass is 331 g/mol. The van der Waals surface area contributed by atoms with Crippen molar-refractivity contribution in [2.45, 2.75) is 26.7 Å². The number of rotatable bonds is 5. The maximum absolute atomic E-state index is 11.5. The average molecular weight is 331 g/mol. The highest BCUT2D eigenvalue weighted by Gasteiger charge is 2.20. The molecule has 24 heavy (non-hydrogen) atoms. The number of nitro benzene ring substituents is 1. The molecule has 1 saturated heterocycles. The first kappa shape index (κ1) is 16.4. The summed E-state index contributed by atoms with van der Waals surface area (Å²) >= 11 is 0. The number of aryl methyl sites for hydroxylation is 2. The molecule has 2 heterocycles. The molecule has 1 N–H and O–H groups in total. The van der Waals surface area contributed by atoms with Gasteiger partial charge in [-0.15, -0.1) is 0 Å². The summed E-state index contributed by atoms with van der Waals surface area (Å²) in [7, 11) is 0. The van der Waals surface area contributed by atoms with Crippen LogP contribution in [0.5, 0.6) is 0 Å². The molecule has 7 nitrogen and oxygen atoms in total. The van der Waals surface area contributed by atoms with Gasteiger partial charge in [0.05, 0.1) is 10.6 Å². The van der Waals surface area contributed by atoms with Crippen LogP contribution in [0.25, 0.3) is 11.1 Å². The van der Waals surface area contributed by atoms with Gasteiger partial charge in [-0.25, -0.2) is 0 Å². The number of hydrogen-bond donors (Lipinski definition) is 1. The molecule has 1 aliphatic rings. The summed E-state index contributed by atoms with van der Waals surface area (Å²) in [5.41, 5.74) is 2.90. The van der Waals surface area contributed by atoms with Crippen molar-refractivity contribution in [2.24, 2.45) is 5.92 Å². The first-order chi connectivity index (χ1) is 11.6. The fraction of sp³-hybridized carbons (Fsp3) is 0.471. The third kappa shape index (κ3) is 3.41.